The van der Waals surface area contributed by atoms with E-state index < -0.39 is 5.97 Å². The summed E-state index contributed by atoms with van der Waals surface area (Å²) >= 11 is 8.25. The molecular weight excluding hydrogens is 372 g/mol. The minimum Gasteiger partial charge on any atom is -0.478 e. The van der Waals surface area contributed by atoms with Crippen LogP contribution in [0.3, 0.4) is 0 Å². The summed E-state index contributed by atoms with van der Waals surface area (Å²) in [6.45, 7) is 0. The molecule has 1 aromatic carbocycles. The predicted molar refractivity (Wildman–Crippen MR) is 102 cm³/mol. The first-order valence-electron chi connectivity index (χ1n) is 8.70. The van der Waals surface area contributed by atoms with E-state index in [-0.39, 0.29) is 5.56 Å². The summed E-state index contributed by atoms with van der Waals surface area (Å²) in [4.78, 5) is 19.7. The Kier molecular flexibility index (Phi) is 4.91. The second kappa shape index (κ2) is 7.32. The smallest absolute Gasteiger partial charge is 0.338 e. The fraction of sp³-hybridized carbons (Fsp3) is 0.389. The molecule has 0 unspecified atom stereocenters. The quantitative estimate of drug-likeness (QED) is 0.613. The molecule has 4 rings (SSSR count). The molecule has 2 heterocycles. The first-order chi connectivity index (χ1) is 12.6. The minimum absolute atomic E-state index is 0.118. The number of aromatic amines is 1. The molecule has 1 aliphatic rings. The average molecular weight is 391 g/mol. The predicted octanol–water partition coefficient (Wildman–Crippen LogP) is 4.77. The topological polar surface area (TPSA) is 83.8 Å². The van der Waals surface area contributed by atoms with Crippen LogP contribution in [0.15, 0.2) is 29.4 Å². The van der Waals surface area contributed by atoms with Gasteiger partial charge in [0.25, 0.3) is 0 Å². The summed E-state index contributed by atoms with van der Waals surface area (Å²) < 4.78 is 1.42. The van der Waals surface area contributed by atoms with Gasteiger partial charge in [0.2, 0.25) is 5.95 Å². The van der Waals surface area contributed by atoms with Crippen LogP contribution in [0.4, 0.5) is 0 Å². The van der Waals surface area contributed by atoms with E-state index in [2.05, 4.69) is 15.1 Å². The van der Waals surface area contributed by atoms with Gasteiger partial charge in [-0.2, -0.15) is 5.10 Å². The van der Waals surface area contributed by atoms with Gasteiger partial charge in [0.15, 0.2) is 0 Å². The molecule has 6 nitrogen and oxygen atoms in total. The summed E-state index contributed by atoms with van der Waals surface area (Å²) in [7, 11) is 0. The monoisotopic (exact) mass is 390 g/mol. The van der Waals surface area contributed by atoms with Crippen LogP contribution in [-0.2, 0) is 0 Å². The largest absolute Gasteiger partial charge is 0.478 e. The van der Waals surface area contributed by atoms with Gasteiger partial charge in [0, 0.05) is 16.8 Å². The van der Waals surface area contributed by atoms with Gasteiger partial charge < -0.3 is 10.1 Å². The highest BCUT2D eigenvalue weighted by atomic mass is 35.5. The summed E-state index contributed by atoms with van der Waals surface area (Å²) in [6, 6.07) is 3.87. The lowest BCUT2D eigenvalue weighted by molar-refractivity contribution is 0.0697. The number of fused-ring (bicyclic) bond motifs is 1. The van der Waals surface area contributed by atoms with Crippen molar-refractivity contribution >= 4 is 40.4 Å². The third-order valence-corrected chi connectivity index (χ3v) is 6.48. The standard InChI is InChI=1S/C18H19ClN4O2S/c19-13-6-14-15(7-16(13)26-10-11-4-2-1-3-5-11)22-18(21-14)23-9-12(8-20-23)17(24)25/h6-9,11H,1-5,10H2,(H,21,22)(H,24,25). The molecule has 1 aliphatic carbocycles. The number of carboxylic acids is 1. The van der Waals surface area contributed by atoms with E-state index in [0.29, 0.717) is 11.0 Å². The Labute approximate surface area is 160 Å². The number of aromatic carboxylic acids is 1. The zero-order chi connectivity index (χ0) is 18.1. The number of nitrogens with zero attached hydrogens (tertiary/aromatic N) is 3. The number of benzene rings is 1. The Morgan fingerprint density at radius 1 is 1.35 bits per heavy atom. The van der Waals surface area contributed by atoms with E-state index in [1.165, 1.54) is 49.2 Å². The lowest BCUT2D eigenvalue weighted by Gasteiger charge is -2.21. The number of H-pyrrole nitrogens is 1. The number of carboxylic acid groups (broad SMARTS) is 1. The van der Waals surface area contributed by atoms with Crippen molar-refractivity contribution in [2.45, 2.75) is 37.0 Å². The third kappa shape index (κ3) is 3.59. The zero-order valence-corrected chi connectivity index (χ0v) is 15.7. The molecule has 2 N–H and O–H groups in total. The number of carbonyl (C=O) groups is 1. The highest BCUT2D eigenvalue weighted by Crippen LogP contribution is 2.35. The van der Waals surface area contributed by atoms with Gasteiger partial charge in [0.05, 0.1) is 27.8 Å². The molecule has 0 radical (unpaired) electrons. The number of rotatable bonds is 5. The molecule has 1 saturated carbocycles. The lowest BCUT2D eigenvalue weighted by atomic mass is 9.91. The Morgan fingerprint density at radius 3 is 2.88 bits per heavy atom. The van der Waals surface area contributed by atoms with Crippen molar-refractivity contribution in [3.8, 4) is 5.95 Å². The maximum Gasteiger partial charge on any atom is 0.338 e. The summed E-state index contributed by atoms with van der Waals surface area (Å²) in [5.74, 6) is 1.31. The SMILES string of the molecule is O=C(O)c1cnn(-c2nc3cc(SCC4CCCCC4)c(Cl)cc3[nH]2)c1. The van der Waals surface area contributed by atoms with Crippen molar-refractivity contribution in [2.24, 2.45) is 5.92 Å². The van der Waals surface area contributed by atoms with Gasteiger partial charge in [-0.25, -0.2) is 14.5 Å². The Bertz CT molecular complexity index is 946. The maximum atomic E-state index is 11.0. The van der Waals surface area contributed by atoms with Crippen molar-refractivity contribution in [3.63, 3.8) is 0 Å². The normalized spacial score (nSPS) is 15.6. The van der Waals surface area contributed by atoms with Crippen molar-refractivity contribution in [1.29, 1.82) is 0 Å². The Balaban J connectivity index is 1.56. The van der Waals surface area contributed by atoms with Gasteiger partial charge in [-0.3, -0.25) is 0 Å². The van der Waals surface area contributed by atoms with Crippen molar-refractivity contribution in [3.05, 3.63) is 35.1 Å². The van der Waals surface area contributed by atoms with Crippen LogP contribution < -0.4 is 0 Å². The number of nitrogens with one attached hydrogen (secondary N) is 1. The molecule has 26 heavy (non-hydrogen) atoms. The van der Waals surface area contributed by atoms with Gasteiger partial charge in [0.1, 0.15) is 0 Å². The van der Waals surface area contributed by atoms with Crippen LogP contribution in [-0.4, -0.2) is 36.6 Å². The van der Waals surface area contributed by atoms with Gasteiger partial charge in [-0.15, -0.1) is 11.8 Å². The van der Waals surface area contributed by atoms with Crippen molar-refractivity contribution < 1.29 is 9.90 Å². The molecule has 0 saturated heterocycles. The zero-order valence-electron chi connectivity index (χ0n) is 14.1. The number of aromatic nitrogens is 4. The second-order valence-corrected chi connectivity index (χ2v) is 8.12. The number of imidazole rings is 1. The van der Waals surface area contributed by atoms with Gasteiger partial charge in [-0.1, -0.05) is 30.9 Å². The molecule has 0 atom stereocenters. The molecule has 136 valence electrons. The van der Waals surface area contributed by atoms with E-state index >= 15 is 0 Å². The summed E-state index contributed by atoms with van der Waals surface area (Å²) in [6.07, 6.45) is 9.39. The number of halogens is 1. The lowest BCUT2D eigenvalue weighted by Crippen LogP contribution is -2.08. The number of hydrogen-bond donors (Lipinski definition) is 2. The van der Waals surface area contributed by atoms with Gasteiger partial charge in [-0.05, 0) is 30.9 Å². The molecule has 0 aliphatic heterocycles. The fourth-order valence-electron chi connectivity index (χ4n) is 3.33. The highest BCUT2D eigenvalue weighted by molar-refractivity contribution is 7.99. The molecule has 8 heteroatoms. The Morgan fingerprint density at radius 2 is 2.15 bits per heavy atom. The van der Waals surface area contributed by atoms with Crippen LogP contribution in [0.5, 0.6) is 0 Å². The van der Waals surface area contributed by atoms with Crippen LogP contribution in [0.1, 0.15) is 42.5 Å². The number of thioether (sulfide) groups is 1. The third-order valence-electron chi connectivity index (χ3n) is 4.77. The maximum absolute atomic E-state index is 11.0. The molecule has 0 amide bonds. The molecule has 2 aromatic heterocycles. The van der Waals surface area contributed by atoms with E-state index in [1.54, 1.807) is 11.8 Å². The molecule has 3 aromatic rings. The van der Waals surface area contributed by atoms with Crippen LogP contribution in [0.25, 0.3) is 17.0 Å². The first-order valence-corrected chi connectivity index (χ1v) is 10.1. The second-order valence-electron chi connectivity index (χ2n) is 6.65. The summed E-state index contributed by atoms with van der Waals surface area (Å²) in [5, 5.41) is 13.8. The molecule has 0 bridgehead atoms. The minimum atomic E-state index is -1.02. The number of hydrogen-bond acceptors (Lipinski definition) is 4. The summed E-state index contributed by atoms with van der Waals surface area (Å²) in [5.41, 5.74) is 1.72. The van der Waals surface area contributed by atoms with Crippen LogP contribution in [0, 0.1) is 5.92 Å². The average Bonchev–Trinajstić information content (AvgIpc) is 3.27. The van der Waals surface area contributed by atoms with Crippen LogP contribution >= 0.6 is 23.4 Å². The van der Waals surface area contributed by atoms with Crippen LogP contribution in [0.2, 0.25) is 5.02 Å². The van der Waals surface area contributed by atoms with Crippen molar-refractivity contribution in [1.82, 2.24) is 19.7 Å². The van der Waals surface area contributed by atoms with E-state index in [1.807, 2.05) is 12.1 Å². The van der Waals surface area contributed by atoms with Crippen molar-refractivity contribution in [2.75, 3.05) is 5.75 Å². The Hall–Kier alpha value is -1.99. The van der Waals surface area contributed by atoms with E-state index in [4.69, 9.17) is 16.7 Å². The molecule has 0 spiro atoms. The van der Waals surface area contributed by atoms with Gasteiger partial charge >= 0.3 is 5.97 Å². The van der Waals surface area contributed by atoms with E-state index in [9.17, 15) is 4.79 Å². The van der Waals surface area contributed by atoms with E-state index in [0.717, 1.165) is 27.6 Å². The molecular formula is C18H19ClN4O2S. The molecule has 1 fully saturated rings. The first kappa shape index (κ1) is 17.4. The fourth-order valence-corrected chi connectivity index (χ4v) is 4.80. The highest BCUT2D eigenvalue weighted by Gasteiger charge is 2.16.